The summed E-state index contributed by atoms with van der Waals surface area (Å²) in [6.45, 7) is 10.8. The number of rotatable bonds is 8. The molecule has 0 N–H and O–H groups in total. The van der Waals surface area contributed by atoms with E-state index in [0.717, 1.165) is 24.8 Å². The van der Waals surface area contributed by atoms with Crippen molar-refractivity contribution in [1.29, 1.82) is 0 Å². The lowest BCUT2D eigenvalue weighted by Gasteiger charge is -2.12. The molecule has 0 bridgehead atoms. The summed E-state index contributed by atoms with van der Waals surface area (Å²) in [5.41, 5.74) is 5.57. The highest BCUT2D eigenvalue weighted by atomic mass is 16.5. The van der Waals surface area contributed by atoms with Gasteiger partial charge in [0.15, 0.2) is 11.5 Å². The fraction of sp³-hybridized carbons (Fsp3) is 0.308. The molecule has 0 radical (unpaired) electrons. The zero-order valence-corrected chi connectivity index (χ0v) is 19.0. The van der Waals surface area contributed by atoms with Crippen LogP contribution in [0.3, 0.4) is 0 Å². The van der Waals surface area contributed by atoms with Crippen LogP contribution < -0.4 is 9.47 Å². The minimum absolute atomic E-state index is 0.347. The third-order valence-corrected chi connectivity index (χ3v) is 4.98. The first-order chi connectivity index (χ1) is 15.2. The maximum absolute atomic E-state index is 11.6. The fourth-order valence-corrected chi connectivity index (χ4v) is 3.48. The average molecular weight is 433 g/mol. The number of allylic oxidation sites excluding steroid dienone is 3. The van der Waals surface area contributed by atoms with E-state index in [4.69, 9.17) is 19.4 Å². The van der Waals surface area contributed by atoms with Crippen LogP contribution in [0.1, 0.15) is 52.5 Å². The first-order valence-electron chi connectivity index (χ1n) is 10.6. The van der Waals surface area contributed by atoms with Crippen LogP contribution in [0.25, 0.3) is 22.1 Å². The lowest BCUT2D eigenvalue weighted by atomic mass is 10.0. The Kier molecular flexibility index (Phi) is 7.36. The molecule has 32 heavy (non-hydrogen) atoms. The Labute approximate surface area is 188 Å². The third-order valence-electron chi connectivity index (χ3n) is 4.98. The van der Waals surface area contributed by atoms with E-state index in [0.29, 0.717) is 40.0 Å². The summed E-state index contributed by atoms with van der Waals surface area (Å²) in [7, 11) is 0. The van der Waals surface area contributed by atoms with Gasteiger partial charge in [-0.25, -0.2) is 9.97 Å². The number of ether oxygens (including phenoxy) is 2. The summed E-state index contributed by atoms with van der Waals surface area (Å²) in [6, 6.07) is 8.86. The average Bonchev–Trinajstić information content (AvgIpc) is 2.71. The van der Waals surface area contributed by atoms with E-state index in [2.05, 4.69) is 19.6 Å². The summed E-state index contributed by atoms with van der Waals surface area (Å²) in [5, 5.41) is 0. The van der Waals surface area contributed by atoms with E-state index in [1.807, 2.05) is 13.0 Å². The molecule has 6 nitrogen and oxygen atoms in total. The van der Waals surface area contributed by atoms with Gasteiger partial charge in [0.2, 0.25) is 0 Å². The molecule has 0 saturated carbocycles. The minimum atomic E-state index is -0.429. The molecular formula is C26H28N2O4. The van der Waals surface area contributed by atoms with Gasteiger partial charge in [0.25, 0.3) is 0 Å². The number of fused-ring (bicyclic) bond motifs is 2. The van der Waals surface area contributed by atoms with Crippen LogP contribution in [0, 0.1) is 0 Å². The third kappa shape index (κ3) is 5.78. The first-order valence-corrected chi connectivity index (χ1v) is 10.6. The van der Waals surface area contributed by atoms with Crippen molar-refractivity contribution in [1.82, 2.24) is 9.97 Å². The van der Waals surface area contributed by atoms with Crippen LogP contribution >= 0.6 is 0 Å². The molecule has 0 aliphatic heterocycles. The highest BCUT2D eigenvalue weighted by Gasteiger charge is 2.15. The van der Waals surface area contributed by atoms with E-state index >= 15 is 0 Å². The van der Waals surface area contributed by atoms with Crippen molar-refractivity contribution in [3.05, 3.63) is 59.7 Å². The Hall–Kier alpha value is -3.54. The fourth-order valence-electron chi connectivity index (χ4n) is 3.48. The molecule has 0 unspecified atom stereocenters. The highest BCUT2D eigenvalue weighted by Crippen LogP contribution is 2.32. The molecular weight excluding hydrogens is 404 g/mol. The minimum Gasteiger partial charge on any atom is -0.424 e. The Morgan fingerprint density at radius 2 is 1.56 bits per heavy atom. The van der Waals surface area contributed by atoms with E-state index in [9.17, 15) is 9.59 Å². The summed E-state index contributed by atoms with van der Waals surface area (Å²) in [5.74, 6) is -0.157. The molecule has 3 aromatic rings. The van der Waals surface area contributed by atoms with Gasteiger partial charge in [-0.3, -0.25) is 9.59 Å². The van der Waals surface area contributed by atoms with E-state index in [-0.39, 0.29) is 0 Å². The van der Waals surface area contributed by atoms with Crippen LogP contribution in [0.2, 0.25) is 0 Å². The van der Waals surface area contributed by atoms with Gasteiger partial charge in [-0.05, 0) is 63.3 Å². The molecule has 0 amide bonds. The van der Waals surface area contributed by atoms with Crippen LogP contribution in [-0.4, -0.2) is 21.9 Å². The van der Waals surface area contributed by atoms with Crippen LogP contribution in [-0.2, 0) is 16.0 Å². The Balaban J connectivity index is 2.07. The summed E-state index contributed by atoms with van der Waals surface area (Å²) >= 11 is 0. The predicted molar refractivity (Wildman–Crippen MR) is 126 cm³/mol. The van der Waals surface area contributed by atoms with Crippen molar-refractivity contribution in [3.63, 3.8) is 0 Å². The predicted octanol–water partition coefficient (Wildman–Crippen LogP) is 5.87. The van der Waals surface area contributed by atoms with Crippen molar-refractivity contribution in [3.8, 4) is 11.5 Å². The van der Waals surface area contributed by atoms with E-state index < -0.39 is 11.9 Å². The van der Waals surface area contributed by atoms with Gasteiger partial charge in [-0.2, -0.15) is 0 Å². The van der Waals surface area contributed by atoms with Crippen LogP contribution in [0.15, 0.2) is 54.1 Å². The number of aromatic nitrogens is 2. The largest absolute Gasteiger partial charge is 0.424 e. The summed E-state index contributed by atoms with van der Waals surface area (Å²) in [6.07, 6.45) is 5.93. The standard InChI is InChI=1S/C26H28N2O4/c1-16(2)8-6-9-17(3)12-13-20-14-15-23(32-19(5)30)26-24(20)28-25-21(27-26)10-7-11-22(25)31-18(4)29/h7,10-12,14-15H,1,6,8-9,13H2,2-5H3/b17-12+. The monoisotopic (exact) mass is 432 g/mol. The van der Waals surface area contributed by atoms with Gasteiger partial charge in [-0.15, -0.1) is 6.58 Å². The lowest BCUT2D eigenvalue weighted by Crippen LogP contribution is -2.05. The Morgan fingerprint density at radius 3 is 2.22 bits per heavy atom. The first kappa shape index (κ1) is 23.1. The van der Waals surface area contributed by atoms with Crippen molar-refractivity contribution in [2.45, 2.75) is 53.4 Å². The second-order valence-electron chi connectivity index (χ2n) is 8.02. The summed E-state index contributed by atoms with van der Waals surface area (Å²) in [4.78, 5) is 32.6. The van der Waals surface area contributed by atoms with Gasteiger partial charge >= 0.3 is 11.9 Å². The normalized spacial score (nSPS) is 11.6. The van der Waals surface area contributed by atoms with Crippen molar-refractivity contribution < 1.29 is 19.1 Å². The number of nitrogens with zero attached hydrogens (tertiary/aromatic N) is 2. The van der Waals surface area contributed by atoms with Gasteiger partial charge in [0.1, 0.15) is 11.0 Å². The Bertz CT molecular complexity index is 1230. The number of esters is 2. The Morgan fingerprint density at radius 1 is 0.875 bits per heavy atom. The summed E-state index contributed by atoms with van der Waals surface area (Å²) < 4.78 is 10.7. The number of carbonyl (C=O) groups is 2. The van der Waals surface area contributed by atoms with Gasteiger partial charge in [-0.1, -0.05) is 29.4 Å². The van der Waals surface area contributed by atoms with Crippen LogP contribution in [0.4, 0.5) is 0 Å². The lowest BCUT2D eigenvalue weighted by molar-refractivity contribution is -0.132. The second-order valence-corrected chi connectivity index (χ2v) is 8.02. The molecule has 0 aliphatic rings. The molecule has 2 aromatic carbocycles. The molecule has 1 aromatic heterocycles. The quantitative estimate of drug-likeness (QED) is 0.192. The van der Waals surface area contributed by atoms with Crippen molar-refractivity contribution >= 4 is 34.0 Å². The molecule has 0 fully saturated rings. The number of benzene rings is 2. The highest BCUT2D eigenvalue weighted by molar-refractivity contribution is 5.95. The zero-order valence-electron chi connectivity index (χ0n) is 19.0. The maximum atomic E-state index is 11.6. The van der Waals surface area contributed by atoms with Crippen molar-refractivity contribution in [2.24, 2.45) is 0 Å². The zero-order chi connectivity index (χ0) is 23.3. The molecule has 1 heterocycles. The molecule has 0 aliphatic carbocycles. The number of hydrogen-bond acceptors (Lipinski definition) is 6. The van der Waals surface area contributed by atoms with Crippen molar-refractivity contribution in [2.75, 3.05) is 0 Å². The molecule has 6 heteroatoms. The SMILES string of the molecule is C=C(C)CCC/C(C)=C/Cc1ccc(OC(C)=O)c2nc3cccc(OC(C)=O)c3nc12. The van der Waals surface area contributed by atoms with Gasteiger partial charge in [0, 0.05) is 13.8 Å². The molecule has 3 rings (SSSR count). The maximum Gasteiger partial charge on any atom is 0.308 e. The van der Waals surface area contributed by atoms with E-state index in [1.54, 1.807) is 24.3 Å². The van der Waals surface area contributed by atoms with Crippen LogP contribution in [0.5, 0.6) is 11.5 Å². The number of hydrogen-bond donors (Lipinski definition) is 0. The topological polar surface area (TPSA) is 78.4 Å². The smallest absolute Gasteiger partial charge is 0.308 e. The van der Waals surface area contributed by atoms with E-state index in [1.165, 1.54) is 25.0 Å². The van der Waals surface area contributed by atoms with Gasteiger partial charge < -0.3 is 9.47 Å². The molecule has 0 spiro atoms. The molecule has 0 atom stereocenters. The molecule has 0 saturated heterocycles. The van der Waals surface area contributed by atoms with Gasteiger partial charge in [0.05, 0.1) is 11.0 Å². The number of para-hydroxylation sites is 1. The molecule has 166 valence electrons. The second kappa shape index (κ2) is 10.2. The number of carbonyl (C=O) groups excluding carboxylic acids is 2.